The second-order valence-electron chi connectivity index (χ2n) is 4.75. The number of hydrogen-bond donors (Lipinski definition) is 2. The van der Waals surface area contributed by atoms with E-state index in [2.05, 4.69) is 0 Å². The molecule has 0 aliphatic heterocycles. The molecule has 0 atom stereocenters. The average Bonchev–Trinajstić information content (AvgIpc) is 2.22. The monoisotopic (exact) mass is 316 g/mol. The molecule has 0 aromatic heterocycles. The van der Waals surface area contributed by atoms with Crippen LogP contribution in [0.1, 0.15) is 57.8 Å². The summed E-state index contributed by atoms with van der Waals surface area (Å²) in [6, 6.07) is 0. The number of rotatable bonds is 12. The molecular weight excluding hydrogens is 292 g/mol. The highest BCUT2D eigenvalue weighted by molar-refractivity contribution is 7.86. The molecule has 0 radical (unpaired) electrons. The molecule has 0 rings (SSSR count). The minimum absolute atomic E-state index is 0.164. The number of hydrogen-bond acceptors (Lipinski definition) is 4. The van der Waals surface area contributed by atoms with Crippen molar-refractivity contribution in [1.82, 2.24) is 0 Å². The Morgan fingerprint density at radius 3 is 0.895 bits per heavy atom. The second kappa shape index (κ2) is 9.68. The molecule has 8 heteroatoms. The Kier molecular flexibility index (Phi) is 9.59. The molecule has 0 aromatic rings. The molecule has 0 heterocycles. The van der Waals surface area contributed by atoms with E-state index in [1.54, 1.807) is 0 Å². The fourth-order valence-electron chi connectivity index (χ4n) is 1.81. The predicted molar refractivity (Wildman–Crippen MR) is 74.4 cm³/mol. The molecule has 19 heavy (non-hydrogen) atoms. The largest absolute Gasteiger partial charge is 0.286 e. The first-order chi connectivity index (χ1) is 8.71. The molecule has 6 nitrogen and oxygen atoms in total. The van der Waals surface area contributed by atoms with Crippen molar-refractivity contribution in [3.63, 3.8) is 0 Å². The van der Waals surface area contributed by atoms with Crippen LogP contribution in [-0.4, -0.2) is 37.4 Å². The van der Waals surface area contributed by atoms with Crippen LogP contribution in [0, 0.1) is 0 Å². The summed E-state index contributed by atoms with van der Waals surface area (Å²) < 4.78 is 58.7. The molecule has 0 amide bonds. The third-order valence-electron chi connectivity index (χ3n) is 2.80. The first-order valence-electron chi connectivity index (χ1n) is 6.61. The summed E-state index contributed by atoms with van der Waals surface area (Å²) in [5, 5.41) is 0. The van der Waals surface area contributed by atoms with Gasteiger partial charge in [-0.2, -0.15) is 16.8 Å². The Morgan fingerprint density at radius 1 is 0.474 bits per heavy atom. The Balaban J connectivity index is 3.20. The lowest BCUT2D eigenvalue weighted by molar-refractivity contribution is 0.477. The van der Waals surface area contributed by atoms with Gasteiger partial charge in [0.25, 0.3) is 20.2 Å². The van der Waals surface area contributed by atoms with Gasteiger partial charge in [0.1, 0.15) is 0 Å². The first-order valence-corrected chi connectivity index (χ1v) is 9.83. The van der Waals surface area contributed by atoms with Crippen LogP contribution in [0.2, 0.25) is 0 Å². The molecule has 116 valence electrons. The number of unbranched alkanes of at least 4 members (excludes halogenated alkanes) is 8. The van der Waals surface area contributed by atoms with Crippen molar-refractivity contribution in [1.29, 1.82) is 0 Å². The summed E-state index contributed by atoms with van der Waals surface area (Å²) in [6.07, 6.45) is 7.54. The van der Waals surface area contributed by atoms with E-state index in [1.807, 2.05) is 0 Å². The van der Waals surface area contributed by atoms with Crippen LogP contribution in [0.4, 0.5) is 0 Å². The van der Waals surface area contributed by atoms with Crippen LogP contribution in [0.5, 0.6) is 0 Å². The van der Waals surface area contributed by atoms with Crippen LogP contribution in [0.15, 0.2) is 0 Å². The van der Waals surface area contributed by atoms with Crippen LogP contribution >= 0.6 is 0 Å². The van der Waals surface area contributed by atoms with Gasteiger partial charge in [0.15, 0.2) is 0 Å². The van der Waals surface area contributed by atoms with Gasteiger partial charge in [-0.3, -0.25) is 9.11 Å². The molecule has 0 unspecified atom stereocenters. The predicted octanol–water partition coefficient (Wildman–Crippen LogP) is 2.27. The molecule has 0 spiro atoms. The molecule has 0 saturated heterocycles. The Bertz CT molecular complexity index is 372. The lowest BCUT2D eigenvalue weighted by atomic mass is 10.1. The summed E-state index contributed by atoms with van der Waals surface area (Å²) in [4.78, 5) is 0. The fraction of sp³-hybridized carbons (Fsp3) is 1.00. The Hall–Kier alpha value is -0.180. The van der Waals surface area contributed by atoms with Gasteiger partial charge >= 0.3 is 0 Å². The van der Waals surface area contributed by atoms with Gasteiger partial charge in [0, 0.05) is 0 Å². The highest BCUT2D eigenvalue weighted by Gasteiger charge is 2.04. The molecule has 0 aromatic carbocycles. The molecule has 2 N–H and O–H groups in total. The van der Waals surface area contributed by atoms with Crippen molar-refractivity contribution in [2.45, 2.75) is 57.8 Å². The van der Waals surface area contributed by atoms with Crippen molar-refractivity contribution in [2.24, 2.45) is 0 Å². The Labute approximate surface area is 116 Å². The van der Waals surface area contributed by atoms with E-state index in [0.29, 0.717) is 12.8 Å². The minimum atomic E-state index is -3.81. The fourth-order valence-corrected chi connectivity index (χ4v) is 2.94. The van der Waals surface area contributed by atoms with Crippen molar-refractivity contribution in [3.05, 3.63) is 0 Å². The SMILES string of the molecule is O=S(=O)(O)CCCCCCCCCCCS(=O)(=O)O. The topological polar surface area (TPSA) is 109 Å². The summed E-state index contributed by atoms with van der Waals surface area (Å²) in [6.45, 7) is 0. The lowest BCUT2D eigenvalue weighted by Crippen LogP contribution is -2.03. The minimum Gasteiger partial charge on any atom is -0.286 e. The average molecular weight is 316 g/mol. The van der Waals surface area contributed by atoms with Gasteiger partial charge in [-0.05, 0) is 12.8 Å². The molecule has 0 saturated carbocycles. The van der Waals surface area contributed by atoms with Crippen LogP contribution in [0.3, 0.4) is 0 Å². The third kappa shape index (κ3) is 17.8. The zero-order chi connectivity index (χ0) is 14.8. The summed E-state index contributed by atoms with van der Waals surface area (Å²) in [5.74, 6) is -0.328. The van der Waals surface area contributed by atoms with Crippen molar-refractivity contribution in [3.8, 4) is 0 Å². The Morgan fingerprint density at radius 2 is 0.684 bits per heavy atom. The lowest BCUT2D eigenvalue weighted by Gasteiger charge is -2.02. The van der Waals surface area contributed by atoms with E-state index < -0.39 is 20.2 Å². The third-order valence-corrected chi connectivity index (χ3v) is 4.41. The molecule has 0 bridgehead atoms. The maximum atomic E-state index is 10.4. The normalized spacial score (nSPS) is 12.7. The van der Waals surface area contributed by atoms with Gasteiger partial charge in [-0.25, -0.2) is 0 Å². The van der Waals surface area contributed by atoms with Gasteiger partial charge in [-0.1, -0.05) is 44.9 Å². The highest BCUT2D eigenvalue weighted by Crippen LogP contribution is 2.10. The van der Waals surface area contributed by atoms with E-state index >= 15 is 0 Å². The molecular formula is C11H24O6S2. The zero-order valence-corrected chi connectivity index (χ0v) is 12.8. The molecule has 0 fully saturated rings. The van der Waals surface area contributed by atoms with E-state index in [4.69, 9.17) is 9.11 Å². The van der Waals surface area contributed by atoms with Gasteiger partial charge in [0.05, 0.1) is 11.5 Å². The van der Waals surface area contributed by atoms with Gasteiger partial charge in [-0.15, -0.1) is 0 Å². The maximum absolute atomic E-state index is 10.4. The van der Waals surface area contributed by atoms with Crippen LogP contribution in [-0.2, 0) is 20.2 Å². The standard InChI is InChI=1S/C11H24O6S2/c12-18(13,14)10-8-6-4-2-1-3-5-7-9-11-19(15,16)17/h1-11H2,(H,12,13,14)(H,15,16,17). The zero-order valence-electron chi connectivity index (χ0n) is 11.1. The van der Waals surface area contributed by atoms with E-state index in [-0.39, 0.29) is 11.5 Å². The quantitative estimate of drug-likeness (QED) is 0.422. The summed E-state index contributed by atoms with van der Waals surface area (Å²) in [7, 11) is -7.63. The van der Waals surface area contributed by atoms with Crippen molar-refractivity contribution < 1.29 is 25.9 Å². The highest BCUT2D eigenvalue weighted by atomic mass is 32.2. The van der Waals surface area contributed by atoms with E-state index in [1.165, 1.54) is 0 Å². The first kappa shape index (κ1) is 18.8. The van der Waals surface area contributed by atoms with Gasteiger partial charge in [0.2, 0.25) is 0 Å². The van der Waals surface area contributed by atoms with Gasteiger partial charge < -0.3 is 0 Å². The van der Waals surface area contributed by atoms with E-state index in [0.717, 1.165) is 44.9 Å². The van der Waals surface area contributed by atoms with E-state index in [9.17, 15) is 16.8 Å². The molecule has 0 aliphatic carbocycles. The van der Waals surface area contributed by atoms with Crippen LogP contribution < -0.4 is 0 Å². The maximum Gasteiger partial charge on any atom is 0.264 e. The summed E-state index contributed by atoms with van der Waals surface area (Å²) in [5.41, 5.74) is 0. The smallest absolute Gasteiger partial charge is 0.264 e. The summed E-state index contributed by atoms with van der Waals surface area (Å²) >= 11 is 0. The van der Waals surface area contributed by atoms with Crippen molar-refractivity contribution in [2.75, 3.05) is 11.5 Å². The van der Waals surface area contributed by atoms with Crippen molar-refractivity contribution >= 4 is 20.2 Å². The second-order valence-corrected chi connectivity index (χ2v) is 7.90. The van der Waals surface area contributed by atoms with Crippen LogP contribution in [0.25, 0.3) is 0 Å². The molecule has 0 aliphatic rings.